The molecule has 0 saturated heterocycles. The Labute approximate surface area is 77.2 Å². The number of nitrogen functional groups attached to an aromatic ring is 1. The second kappa shape index (κ2) is 2.76. The van der Waals surface area contributed by atoms with Gasteiger partial charge in [-0.3, -0.25) is 4.68 Å². The molecule has 0 atom stereocenters. The van der Waals surface area contributed by atoms with Crippen molar-refractivity contribution in [2.75, 3.05) is 5.73 Å². The molecule has 0 unspecified atom stereocenters. The van der Waals surface area contributed by atoms with Gasteiger partial charge in [-0.25, -0.2) is 0 Å². The minimum atomic E-state index is 0.397. The zero-order valence-electron chi connectivity index (χ0n) is 7.86. The number of nitrogens with two attached hydrogens (primary N) is 1. The van der Waals surface area contributed by atoms with Crippen LogP contribution in [0.15, 0.2) is 24.4 Å². The Kier molecular flexibility index (Phi) is 1.72. The van der Waals surface area contributed by atoms with E-state index in [4.69, 9.17) is 5.73 Å². The van der Waals surface area contributed by atoms with E-state index in [1.54, 1.807) is 0 Å². The molecule has 1 heterocycles. The molecule has 3 heteroatoms. The van der Waals surface area contributed by atoms with Crippen LogP contribution < -0.4 is 5.73 Å². The maximum absolute atomic E-state index is 5.66. The SMILES string of the molecule is CC(C)n1cc2ccc(N)cc2n1. The van der Waals surface area contributed by atoms with E-state index in [9.17, 15) is 0 Å². The van der Waals surface area contributed by atoms with Crippen LogP contribution in [0.4, 0.5) is 5.69 Å². The minimum Gasteiger partial charge on any atom is -0.399 e. The lowest BCUT2D eigenvalue weighted by atomic mass is 10.2. The quantitative estimate of drug-likeness (QED) is 0.675. The average Bonchev–Trinajstić information content (AvgIpc) is 2.46. The Morgan fingerprint density at radius 2 is 2.15 bits per heavy atom. The molecule has 0 radical (unpaired) electrons. The molecule has 0 aliphatic carbocycles. The van der Waals surface area contributed by atoms with Gasteiger partial charge in [0.2, 0.25) is 0 Å². The Bertz CT molecular complexity index is 429. The number of nitrogens with zero attached hydrogens (tertiary/aromatic N) is 2. The summed E-state index contributed by atoms with van der Waals surface area (Å²) in [5, 5.41) is 5.55. The van der Waals surface area contributed by atoms with Crippen LogP contribution in [0.2, 0.25) is 0 Å². The summed E-state index contributed by atoms with van der Waals surface area (Å²) < 4.78 is 1.95. The summed E-state index contributed by atoms with van der Waals surface area (Å²) in [6, 6.07) is 6.19. The van der Waals surface area contributed by atoms with Gasteiger partial charge in [0.25, 0.3) is 0 Å². The molecule has 0 spiro atoms. The van der Waals surface area contributed by atoms with Crippen LogP contribution in [0.1, 0.15) is 19.9 Å². The van der Waals surface area contributed by atoms with Crippen LogP contribution in [-0.4, -0.2) is 9.78 Å². The maximum atomic E-state index is 5.66. The van der Waals surface area contributed by atoms with Crippen molar-refractivity contribution in [1.29, 1.82) is 0 Å². The summed E-state index contributed by atoms with van der Waals surface area (Å²) >= 11 is 0. The highest BCUT2D eigenvalue weighted by Crippen LogP contribution is 2.17. The minimum absolute atomic E-state index is 0.397. The largest absolute Gasteiger partial charge is 0.399 e. The molecule has 0 aliphatic rings. The smallest absolute Gasteiger partial charge is 0.0943 e. The van der Waals surface area contributed by atoms with Gasteiger partial charge in [0, 0.05) is 23.3 Å². The Morgan fingerprint density at radius 3 is 2.85 bits per heavy atom. The van der Waals surface area contributed by atoms with Crippen LogP contribution >= 0.6 is 0 Å². The first-order valence-electron chi connectivity index (χ1n) is 4.41. The van der Waals surface area contributed by atoms with E-state index in [0.717, 1.165) is 16.6 Å². The van der Waals surface area contributed by atoms with Crippen molar-refractivity contribution >= 4 is 16.6 Å². The van der Waals surface area contributed by atoms with Crippen LogP contribution in [0, 0.1) is 0 Å². The van der Waals surface area contributed by atoms with Crippen LogP contribution in [0.3, 0.4) is 0 Å². The van der Waals surface area contributed by atoms with Gasteiger partial charge in [-0.1, -0.05) is 0 Å². The third kappa shape index (κ3) is 1.37. The predicted octanol–water partition coefficient (Wildman–Crippen LogP) is 2.20. The first-order chi connectivity index (χ1) is 6.16. The third-order valence-corrected chi connectivity index (χ3v) is 2.08. The van der Waals surface area contributed by atoms with Crippen molar-refractivity contribution in [3.63, 3.8) is 0 Å². The first-order valence-corrected chi connectivity index (χ1v) is 4.41. The Morgan fingerprint density at radius 1 is 1.38 bits per heavy atom. The first kappa shape index (κ1) is 8.10. The molecular formula is C10H13N3. The van der Waals surface area contributed by atoms with Gasteiger partial charge >= 0.3 is 0 Å². The molecule has 68 valence electrons. The van der Waals surface area contributed by atoms with Crippen LogP contribution in [0.25, 0.3) is 10.9 Å². The molecule has 2 aromatic rings. The van der Waals surface area contributed by atoms with E-state index in [-0.39, 0.29) is 0 Å². The van der Waals surface area contributed by atoms with E-state index >= 15 is 0 Å². The topological polar surface area (TPSA) is 43.8 Å². The Balaban J connectivity index is 2.62. The van der Waals surface area contributed by atoms with Crippen LogP contribution in [-0.2, 0) is 0 Å². The molecule has 3 nitrogen and oxygen atoms in total. The van der Waals surface area contributed by atoms with Gasteiger partial charge in [0.15, 0.2) is 0 Å². The highest BCUT2D eigenvalue weighted by Gasteiger charge is 2.02. The molecule has 0 aliphatic heterocycles. The number of fused-ring (bicyclic) bond motifs is 1. The second-order valence-electron chi connectivity index (χ2n) is 3.52. The second-order valence-corrected chi connectivity index (χ2v) is 3.52. The lowest BCUT2D eigenvalue weighted by Crippen LogP contribution is -1.99. The average molecular weight is 175 g/mol. The van der Waals surface area contributed by atoms with E-state index < -0.39 is 0 Å². The van der Waals surface area contributed by atoms with Crippen LogP contribution in [0.5, 0.6) is 0 Å². The van der Waals surface area contributed by atoms with Gasteiger partial charge in [-0.2, -0.15) is 5.10 Å². The maximum Gasteiger partial charge on any atom is 0.0943 e. The number of rotatable bonds is 1. The Hall–Kier alpha value is -1.51. The third-order valence-electron chi connectivity index (χ3n) is 2.08. The monoisotopic (exact) mass is 175 g/mol. The molecule has 2 N–H and O–H groups in total. The predicted molar refractivity (Wildman–Crippen MR) is 54.5 cm³/mol. The molecular weight excluding hydrogens is 162 g/mol. The number of hydrogen-bond acceptors (Lipinski definition) is 2. The molecule has 0 bridgehead atoms. The van der Waals surface area contributed by atoms with E-state index in [2.05, 4.69) is 18.9 Å². The van der Waals surface area contributed by atoms with Crippen molar-refractivity contribution in [3.05, 3.63) is 24.4 Å². The summed E-state index contributed by atoms with van der Waals surface area (Å²) in [6.45, 7) is 4.21. The fourth-order valence-corrected chi connectivity index (χ4v) is 1.32. The molecule has 0 saturated carbocycles. The lowest BCUT2D eigenvalue weighted by Gasteiger charge is -2.02. The standard InChI is InChI=1S/C10H13N3/c1-7(2)13-6-8-3-4-9(11)5-10(8)12-13/h3-7H,11H2,1-2H3. The van der Waals surface area contributed by atoms with Gasteiger partial charge in [-0.05, 0) is 32.0 Å². The fourth-order valence-electron chi connectivity index (χ4n) is 1.32. The normalized spacial score (nSPS) is 11.3. The van der Waals surface area contributed by atoms with Crippen molar-refractivity contribution in [2.24, 2.45) is 0 Å². The zero-order valence-corrected chi connectivity index (χ0v) is 7.86. The molecule has 1 aromatic carbocycles. The highest BCUT2D eigenvalue weighted by molar-refractivity contribution is 5.81. The summed E-state index contributed by atoms with van der Waals surface area (Å²) in [5.74, 6) is 0. The highest BCUT2D eigenvalue weighted by atomic mass is 15.3. The summed E-state index contributed by atoms with van der Waals surface area (Å²) in [6.07, 6.45) is 2.04. The van der Waals surface area contributed by atoms with Gasteiger partial charge in [-0.15, -0.1) is 0 Å². The van der Waals surface area contributed by atoms with Crippen molar-refractivity contribution in [2.45, 2.75) is 19.9 Å². The molecule has 1 aromatic heterocycles. The van der Waals surface area contributed by atoms with Crippen molar-refractivity contribution in [3.8, 4) is 0 Å². The van der Waals surface area contributed by atoms with E-state index in [0.29, 0.717) is 6.04 Å². The molecule has 13 heavy (non-hydrogen) atoms. The zero-order chi connectivity index (χ0) is 9.42. The van der Waals surface area contributed by atoms with Gasteiger partial charge < -0.3 is 5.73 Å². The van der Waals surface area contributed by atoms with Gasteiger partial charge in [0.1, 0.15) is 0 Å². The summed E-state index contributed by atoms with van der Waals surface area (Å²) in [5.41, 5.74) is 7.39. The van der Waals surface area contributed by atoms with Gasteiger partial charge in [0.05, 0.1) is 5.52 Å². The van der Waals surface area contributed by atoms with Crippen molar-refractivity contribution < 1.29 is 0 Å². The molecule has 2 rings (SSSR count). The number of benzene rings is 1. The van der Waals surface area contributed by atoms with E-state index in [1.807, 2.05) is 29.1 Å². The lowest BCUT2D eigenvalue weighted by molar-refractivity contribution is 0.537. The molecule has 0 fully saturated rings. The molecule has 0 amide bonds. The number of aromatic nitrogens is 2. The number of hydrogen-bond donors (Lipinski definition) is 1. The van der Waals surface area contributed by atoms with E-state index in [1.165, 1.54) is 0 Å². The fraction of sp³-hybridized carbons (Fsp3) is 0.300. The summed E-state index contributed by atoms with van der Waals surface area (Å²) in [4.78, 5) is 0. The summed E-state index contributed by atoms with van der Waals surface area (Å²) in [7, 11) is 0. The van der Waals surface area contributed by atoms with Crippen molar-refractivity contribution in [1.82, 2.24) is 9.78 Å². The number of anilines is 1.